The third-order valence-electron chi connectivity index (χ3n) is 3.81. The van der Waals surface area contributed by atoms with Crippen molar-refractivity contribution in [1.29, 1.82) is 0 Å². The first-order chi connectivity index (χ1) is 12.7. The minimum Gasteiger partial charge on any atom is -0.343 e. The molecule has 0 saturated carbocycles. The Morgan fingerprint density at radius 3 is 2.88 bits per heavy atom. The highest BCUT2D eigenvalue weighted by Gasteiger charge is 2.16. The van der Waals surface area contributed by atoms with Crippen LogP contribution in [0.1, 0.15) is 23.2 Å². The minimum atomic E-state index is -0.368. The van der Waals surface area contributed by atoms with E-state index >= 15 is 0 Å². The molecule has 4 heterocycles. The molecule has 1 amide bonds. The Morgan fingerprint density at radius 1 is 1.27 bits per heavy atom. The first-order valence-corrected chi connectivity index (χ1v) is 9.23. The summed E-state index contributed by atoms with van der Waals surface area (Å²) in [5.41, 5.74) is 2.64. The third kappa shape index (κ3) is 3.06. The highest BCUT2D eigenvalue weighted by atomic mass is 35.5. The van der Waals surface area contributed by atoms with E-state index < -0.39 is 0 Å². The number of nitrogens with zero attached hydrogens (tertiary/aromatic N) is 6. The van der Waals surface area contributed by atoms with E-state index in [1.165, 1.54) is 0 Å². The van der Waals surface area contributed by atoms with Crippen molar-refractivity contribution >= 4 is 34.5 Å². The van der Waals surface area contributed by atoms with Crippen LogP contribution in [-0.4, -0.2) is 35.5 Å². The van der Waals surface area contributed by atoms with Crippen LogP contribution in [0.4, 0.5) is 0 Å². The molecule has 26 heavy (non-hydrogen) atoms. The predicted octanol–water partition coefficient (Wildman–Crippen LogP) is 2.65. The van der Waals surface area contributed by atoms with Gasteiger partial charge in [0.15, 0.2) is 17.2 Å². The van der Waals surface area contributed by atoms with Crippen LogP contribution in [0.15, 0.2) is 35.2 Å². The largest absolute Gasteiger partial charge is 0.343 e. The summed E-state index contributed by atoms with van der Waals surface area (Å²) in [6.45, 7) is 2.72. The lowest BCUT2D eigenvalue weighted by Crippen LogP contribution is -2.25. The van der Waals surface area contributed by atoms with Gasteiger partial charge in [-0.25, -0.2) is 0 Å². The second kappa shape index (κ2) is 6.85. The van der Waals surface area contributed by atoms with Crippen LogP contribution in [0.2, 0.25) is 5.02 Å². The molecule has 0 bridgehead atoms. The van der Waals surface area contributed by atoms with Gasteiger partial charge in [-0.2, -0.15) is 26.0 Å². The minimum absolute atomic E-state index is 0.162. The smallest absolute Gasteiger partial charge is 0.273 e. The van der Waals surface area contributed by atoms with Gasteiger partial charge >= 0.3 is 0 Å². The van der Waals surface area contributed by atoms with Crippen molar-refractivity contribution in [1.82, 2.24) is 34.9 Å². The molecule has 4 aromatic heterocycles. The summed E-state index contributed by atoms with van der Waals surface area (Å²) < 4.78 is 3.23. The van der Waals surface area contributed by atoms with Gasteiger partial charge in [-0.15, -0.1) is 10.2 Å². The van der Waals surface area contributed by atoms with Crippen LogP contribution in [0.25, 0.3) is 16.9 Å². The van der Waals surface area contributed by atoms with Gasteiger partial charge in [-0.05, 0) is 30.5 Å². The average molecular weight is 388 g/mol. The number of aryl methyl sites for hydroxylation is 1. The summed E-state index contributed by atoms with van der Waals surface area (Å²) in [6.07, 6.45) is 1.62. The standard InChI is InChI=1S/C16H14ClN7OS/c1-2-23-8-11(17)15(22-23)16(25)18-7-14-20-19-13-4-3-12(21-24(13)14)10-5-6-26-9-10/h3-6,8-9H,2,7H2,1H3,(H,18,25). The molecule has 0 spiro atoms. The molecule has 0 aliphatic heterocycles. The monoisotopic (exact) mass is 387 g/mol. The Morgan fingerprint density at radius 2 is 2.15 bits per heavy atom. The van der Waals surface area contributed by atoms with Crippen molar-refractivity contribution < 1.29 is 4.79 Å². The zero-order valence-electron chi connectivity index (χ0n) is 13.8. The number of fused-ring (bicyclic) bond motifs is 1. The van der Waals surface area contributed by atoms with E-state index in [0.717, 1.165) is 11.3 Å². The molecule has 8 nitrogen and oxygen atoms in total. The molecular weight excluding hydrogens is 374 g/mol. The normalized spacial score (nSPS) is 11.2. The van der Waals surface area contributed by atoms with Crippen LogP contribution >= 0.6 is 22.9 Å². The Balaban J connectivity index is 1.56. The molecule has 132 valence electrons. The lowest BCUT2D eigenvalue weighted by atomic mass is 10.2. The fraction of sp³-hybridized carbons (Fsp3) is 0.188. The lowest BCUT2D eigenvalue weighted by molar-refractivity contribution is 0.0944. The lowest BCUT2D eigenvalue weighted by Gasteiger charge is -2.03. The Bertz CT molecular complexity index is 1070. The second-order valence-electron chi connectivity index (χ2n) is 5.48. The molecule has 0 aliphatic carbocycles. The number of aromatic nitrogens is 6. The Kier molecular flexibility index (Phi) is 4.39. The van der Waals surface area contributed by atoms with E-state index in [1.54, 1.807) is 26.7 Å². The third-order valence-corrected chi connectivity index (χ3v) is 4.77. The van der Waals surface area contributed by atoms with Crippen molar-refractivity contribution in [2.75, 3.05) is 0 Å². The van der Waals surface area contributed by atoms with Crippen molar-refractivity contribution in [2.45, 2.75) is 20.0 Å². The van der Waals surface area contributed by atoms with Crippen molar-refractivity contribution in [2.24, 2.45) is 0 Å². The van der Waals surface area contributed by atoms with E-state index in [0.29, 0.717) is 23.0 Å². The number of nitrogens with one attached hydrogen (secondary N) is 1. The molecule has 0 saturated heterocycles. The predicted molar refractivity (Wildman–Crippen MR) is 98.2 cm³/mol. The molecule has 10 heteroatoms. The molecule has 1 N–H and O–H groups in total. The Labute approximate surface area is 157 Å². The summed E-state index contributed by atoms with van der Waals surface area (Å²) in [4.78, 5) is 12.3. The molecule has 0 aliphatic rings. The SMILES string of the molecule is CCn1cc(Cl)c(C(=O)NCc2nnc3ccc(-c4ccsc4)nn23)n1. The van der Waals surface area contributed by atoms with E-state index in [4.69, 9.17) is 11.6 Å². The zero-order valence-corrected chi connectivity index (χ0v) is 15.3. The number of carbonyl (C=O) groups is 1. The summed E-state index contributed by atoms with van der Waals surface area (Å²) >= 11 is 7.67. The van der Waals surface area contributed by atoms with Gasteiger partial charge in [0.1, 0.15) is 0 Å². The van der Waals surface area contributed by atoms with E-state index in [-0.39, 0.29) is 18.1 Å². The van der Waals surface area contributed by atoms with Crippen molar-refractivity contribution in [3.63, 3.8) is 0 Å². The van der Waals surface area contributed by atoms with E-state index in [1.807, 2.05) is 35.9 Å². The number of rotatable bonds is 5. The first kappa shape index (κ1) is 16.7. The molecule has 0 atom stereocenters. The number of amides is 1. The molecule has 0 unspecified atom stereocenters. The maximum Gasteiger partial charge on any atom is 0.273 e. The first-order valence-electron chi connectivity index (χ1n) is 7.90. The highest BCUT2D eigenvalue weighted by Crippen LogP contribution is 2.20. The van der Waals surface area contributed by atoms with Crippen LogP contribution in [0.3, 0.4) is 0 Å². The van der Waals surface area contributed by atoms with E-state index in [2.05, 4.69) is 25.7 Å². The van der Waals surface area contributed by atoms with Gasteiger partial charge in [-0.1, -0.05) is 11.6 Å². The number of hydrogen-bond acceptors (Lipinski definition) is 6. The van der Waals surface area contributed by atoms with Crippen molar-refractivity contribution in [3.8, 4) is 11.3 Å². The summed E-state index contributed by atoms with van der Waals surface area (Å²) in [5.74, 6) is 0.157. The Hall–Kier alpha value is -2.78. The second-order valence-corrected chi connectivity index (χ2v) is 6.67. The maximum atomic E-state index is 12.3. The summed E-state index contributed by atoms with van der Waals surface area (Å²) in [5, 5.41) is 24.0. The number of halogens is 1. The molecule has 0 aromatic carbocycles. The van der Waals surface area contributed by atoms with Gasteiger partial charge in [0.2, 0.25) is 0 Å². The molecule has 0 radical (unpaired) electrons. The number of hydrogen-bond donors (Lipinski definition) is 1. The number of thiophene rings is 1. The molecule has 4 rings (SSSR count). The van der Waals surface area contributed by atoms with Gasteiger partial charge in [0.05, 0.1) is 17.3 Å². The van der Waals surface area contributed by atoms with Crippen LogP contribution in [0.5, 0.6) is 0 Å². The van der Waals surface area contributed by atoms with Gasteiger partial charge < -0.3 is 5.32 Å². The number of carbonyl (C=O) groups excluding carboxylic acids is 1. The summed E-state index contributed by atoms with van der Waals surface area (Å²) in [7, 11) is 0. The van der Waals surface area contributed by atoms with Crippen molar-refractivity contribution in [3.05, 3.63) is 51.7 Å². The topological polar surface area (TPSA) is 90.0 Å². The van der Waals surface area contributed by atoms with Crippen LogP contribution in [0, 0.1) is 0 Å². The molecule has 0 fully saturated rings. The molecular formula is C16H14ClN7OS. The van der Waals surface area contributed by atoms with Gasteiger partial charge in [0, 0.05) is 23.7 Å². The van der Waals surface area contributed by atoms with Gasteiger partial charge in [0.25, 0.3) is 5.91 Å². The van der Waals surface area contributed by atoms with Crippen LogP contribution in [-0.2, 0) is 13.1 Å². The maximum absolute atomic E-state index is 12.3. The molecule has 4 aromatic rings. The van der Waals surface area contributed by atoms with Crippen LogP contribution < -0.4 is 5.32 Å². The highest BCUT2D eigenvalue weighted by molar-refractivity contribution is 7.08. The zero-order chi connectivity index (χ0) is 18.1. The fourth-order valence-corrected chi connectivity index (χ4v) is 3.35. The van der Waals surface area contributed by atoms with Gasteiger partial charge in [-0.3, -0.25) is 9.48 Å². The van der Waals surface area contributed by atoms with E-state index in [9.17, 15) is 4.79 Å². The quantitative estimate of drug-likeness (QED) is 0.568. The summed E-state index contributed by atoms with van der Waals surface area (Å²) in [6, 6.07) is 5.74. The average Bonchev–Trinajstić information content (AvgIpc) is 3.38. The fourth-order valence-electron chi connectivity index (χ4n) is 2.46.